The third-order valence-corrected chi connectivity index (χ3v) is 4.02. The van der Waals surface area contributed by atoms with Gasteiger partial charge in [-0.1, -0.05) is 29.3 Å². The lowest BCUT2D eigenvalue weighted by molar-refractivity contribution is 0.174. The van der Waals surface area contributed by atoms with Gasteiger partial charge in [0.05, 0.1) is 6.04 Å². The summed E-state index contributed by atoms with van der Waals surface area (Å²) < 4.78 is 10.7. The van der Waals surface area contributed by atoms with Crippen LogP contribution in [-0.4, -0.2) is 11.9 Å². The molecule has 1 atom stereocenters. The molecule has 1 unspecified atom stereocenters. The Bertz CT molecular complexity index is 735. The van der Waals surface area contributed by atoms with Gasteiger partial charge in [-0.05, 0) is 55.0 Å². The van der Waals surface area contributed by atoms with E-state index in [1.54, 1.807) is 18.2 Å². The highest BCUT2D eigenvalue weighted by atomic mass is 35.5. The molecular formula is C16H14Cl2N2O2S. The number of hydrogen-bond donors (Lipinski definition) is 2. The number of ether oxygens (including phenoxy) is 2. The largest absolute Gasteiger partial charge is 0.454 e. The number of thiocarbonyl (C=S) groups is 1. The van der Waals surface area contributed by atoms with E-state index in [1.807, 2.05) is 25.1 Å². The molecule has 0 spiro atoms. The van der Waals surface area contributed by atoms with E-state index in [-0.39, 0.29) is 12.8 Å². The number of halogens is 2. The van der Waals surface area contributed by atoms with Gasteiger partial charge in [0.1, 0.15) is 0 Å². The third-order valence-electron chi connectivity index (χ3n) is 3.36. The molecule has 2 N–H and O–H groups in total. The van der Waals surface area contributed by atoms with Crippen LogP contribution in [0.4, 0.5) is 5.69 Å². The fraction of sp³-hybridized carbons (Fsp3) is 0.188. The highest BCUT2D eigenvalue weighted by Crippen LogP contribution is 2.34. The summed E-state index contributed by atoms with van der Waals surface area (Å²) in [6, 6.07) is 11.0. The predicted molar refractivity (Wildman–Crippen MR) is 96.8 cm³/mol. The molecule has 0 aromatic heterocycles. The van der Waals surface area contributed by atoms with Gasteiger partial charge in [0.2, 0.25) is 6.79 Å². The van der Waals surface area contributed by atoms with Crippen LogP contribution >= 0.6 is 35.4 Å². The summed E-state index contributed by atoms with van der Waals surface area (Å²) in [5, 5.41) is 7.86. The van der Waals surface area contributed by atoms with Gasteiger partial charge in [0, 0.05) is 15.7 Å². The molecule has 0 amide bonds. The maximum Gasteiger partial charge on any atom is 0.231 e. The van der Waals surface area contributed by atoms with Gasteiger partial charge in [0.15, 0.2) is 16.6 Å². The minimum atomic E-state index is -0.000781. The van der Waals surface area contributed by atoms with Crippen LogP contribution in [0.5, 0.6) is 11.5 Å². The Kier molecular flexibility index (Phi) is 4.80. The zero-order valence-corrected chi connectivity index (χ0v) is 14.6. The summed E-state index contributed by atoms with van der Waals surface area (Å²) in [7, 11) is 0. The van der Waals surface area contributed by atoms with E-state index in [9.17, 15) is 0 Å². The highest BCUT2D eigenvalue weighted by Gasteiger charge is 2.16. The summed E-state index contributed by atoms with van der Waals surface area (Å²) >= 11 is 17.3. The normalized spacial score (nSPS) is 13.5. The van der Waals surface area contributed by atoms with E-state index < -0.39 is 0 Å². The van der Waals surface area contributed by atoms with Gasteiger partial charge in [0.25, 0.3) is 0 Å². The Hall–Kier alpha value is -1.69. The van der Waals surface area contributed by atoms with Gasteiger partial charge in [-0.3, -0.25) is 0 Å². The molecular weight excluding hydrogens is 355 g/mol. The summed E-state index contributed by atoms with van der Waals surface area (Å²) in [6.07, 6.45) is 0. The van der Waals surface area contributed by atoms with E-state index in [1.165, 1.54) is 0 Å². The van der Waals surface area contributed by atoms with Crippen molar-refractivity contribution < 1.29 is 9.47 Å². The number of nitrogens with one attached hydrogen (secondary N) is 2. The molecule has 0 aliphatic carbocycles. The molecule has 0 saturated carbocycles. The van der Waals surface area contributed by atoms with Crippen LogP contribution in [0.25, 0.3) is 0 Å². The van der Waals surface area contributed by atoms with Gasteiger partial charge in [-0.25, -0.2) is 0 Å². The standard InChI is InChI=1S/C16H14Cl2N2O2S/c1-9(10-2-3-14-15(4-10)22-8-21-14)19-16(23)20-13-6-11(17)5-12(18)7-13/h2-7,9H,8H2,1H3,(H2,19,20,23). The molecule has 23 heavy (non-hydrogen) atoms. The van der Waals surface area contributed by atoms with E-state index in [0.29, 0.717) is 15.2 Å². The van der Waals surface area contributed by atoms with Crippen molar-refractivity contribution in [3.63, 3.8) is 0 Å². The Morgan fingerprint density at radius 2 is 1.78 bits per heavy atom. The fourth-order valence-electron chi connectivity index (χ4n) is 2.26. The first-order chi connectivity index (χ1) is 11.0. The number of rotatable bonds is 3. The number of hydrogen-bond acceptors (Lipinski definition) is 3. The van der Waals surface area contributed by atoms with Crippen LogP contribution in [0.2, 0.25) is 10.0 Å². The van der Waals surface area contributed by atoms with Crippen molar-refractivity contribution in [2.24, 2.45) is 0 Å². The van der Waals surface area contributed by atoms with Crippen molar-refractivity contribution in [1.29, 1.82) is 0 Å². The summed E-state index contributed by atoms with van der Waals surface area (Å²) in [5.74, 6) is 1.51. The number of fused-ring (bicyclic) bond motifs is 1. The molecule has 3 rings (SSSR count). The van der Waals surface area contributed by atoms with E-state index >= 15 is 0 Å². The third kappa shape index (κ3) is 3.99. The lowest BCUT2D eigenvalue weighted by Gasteiger charge is -2.18. The van der Waals surface area contributed by atoms with Crippen molar-refractivity contribution in [2.45, 2.75) is 13.0 Å². The first-order valence-corrected chi connectivity index (χ1v) is 8.11. The van der Waals surface area contributed by atoms with Crippen LogP contribution in [0.1, 0.15) is 18.5 Å². The van der Waals surface area contributed by atoms with Crippen molar-refractivity contribution in [3.05, 3.63) is 52.0 Å². The first kappa shape index (κ1) is 16.2. The fourth-order valence-corrected chi connectivity index (χ4v) is 3.08. The minimum Gasteiger partial charge on any atom is -0.454 e. The first-order valence-electron chi connectivity index (χ1n) is 6.94. The van der Waals surface area contributed by atoms with Crippen LogP contribution in [0, 0.1) is 0 Å². The molecule has 1 heterocycles. The van der Waals surface area contributed by atoms with Crippen molar-refractivity contribution in [1.82, 2.24) is 5.32 Å². The SMILES string of the molecule is CC(NC(=S)Nc1cc(Cl)cc(Cl)c1)c1ccc2c(c1)OCO2. The topological polar surface area (TPSA) is 42.5 Å². The Labute approximate surface area is 149 Å². The summed E-state index contributed by atoms with van der Waals surface area (Å²) in [6.45, 7) is 2.27. The zero-order chi connectivity index (χ0) is 16.4. The molecule has 2 aromatic rings. The average Bonchev–Trinajstić information content (AvgIpc) is 2.93. The molecule has 0 radical (unpaired) electrons. The summed E-state index contributed by atoms with van der Waals surface area (Å²) in [4.78, 5) is 0. The van der Waals surface area contributed by atoms with Crippen LogP contribution in [-0.2, 0) is 0 Å². The van der Waals surface area contributed by atoms with E-state index in [4.69, 9.17) is 44.9 Å². The van der Waals surface area contributed by atoms with Crippen LogP contribution in [0.3, 0.4) is 0 Å². The van der Waals surface area contributed by atoms with E-state index in [0.717, 1.165) is 22.7 Å². The lowest BCUT2D eigenvalue weighted by atomic mass is 10.1. The molecule has 1 aliphatic rings. The Balaban J connectivity index is 1.65. The van der Waals surface area contributed by atoms with Gasteiger partial charge in [-0.15, -0.1) is 0 Å². The number of benzene rings is 2. The maximum absolute atomic E-state index is 5.98. The van der Waals surface area contributed by atoms with Crippen molar-refractivity contribution >= 4 is 46.2 Å². The molecule has 4 nitrogen and oxygen atoms in total. The van der Waals surface area contributed by atoms with Crippen LogP contribution < -0.4 is 20.1 Å². The molecule has 0 bridgehead atoms. The summed E-state index contributed by atoms with van der Waals surface area (Å²) in [5.41, 5.74) is 1.78. The average molecular weight is 369 g/mol. The Morgan fingerprint density at radius 3 is 2.52 bits per heavy atom. The lowest BCUT2D eigenvalue weighted by Crippen LogP contribution is -2.30. The predicted octanol–water partition coefficient (Wildman–Crippen LogP) is 4.77. The van der Waals surface area contributed by atoms with Crippen molar-refractivity contribution in [2.75, 3.05) is 12.1 Å². The number of anilines is 1. The van der Waals surface area contributed by atoms with E-state index in [2.05, 4.69) is 10.6 Å². The van der Waals surface area contributed by atoms with Gasteiger partial charge >= 0.3 is 0 Å². The second-order valence-corrected chi connectivity index (χ2v) is 6.37. The second-order valence-electron chi connectivity index (χ2n) is 5.09. The molecule has 2 aromatic carbocycles. The smallest absolute Gasteiger partial charge is 0.231 e. The van der Waals surface area contributed by atoms with Gasteiger partial charge < -0.3 is 20.1 Å². The molecule has 120 valence electrons. The maximum atomic E-state index is 5.98. The molecule has 0 saturated heterocycles. The molecule has 0 fully saturated rings. The minimum absolute atomic E-state index is 0.000781. The highest BCUT2D eigenvalue weighted by molar-refractivity contribution is 7.80. The van der Waals surface area contributed by atoms with Gasteiger partial charge in [-0.2, -0.15) is 0 Å². The second kappa shape index (κ2) is 6.83. The Morgan fingerprint density at radius 1 is 1.09 bits per heavy atom. The molecule has 7 heteroatoms. The molecule has 1 aliphatic heterocycles. The monoisotopic (exact) mass is 368 g/mol. The quantitative estimate of drug-likeness (QED) is 0.763. The zero-order valence-electron chi connectivity index (χ0n) is 12.2. The van der Waals surface area contributed by atoms with Crippen LogP contribution in [0.15, 0.2) is 36.4 Å². The van der Waals surface area contributed by atoms with Crippen molar-refractivity contribution in [3.8, 4) is 11.5 Å².